The molecule has 0 aliphatic carbocycles. The molecule has 0 bridgehead atoms. The molecule has 0 atom stereocenters. The summed E-state index contributed by atoms with van der Waals surface area (Å²) in [7, 11) is 3.56. The standard InChI is InChI=1S/C13H15BrN4O3/c1-8-9(7-15-2)13(17(3)16-8)21-12-10(14)5-4-6-11(12)18(19)20/h4-6,15H,7H2,1-3H3. The van der Waals surface area contributed by atoms with Crippen molar-refractivity contribution in [2.45, 2.75) is 13.5 Å². The van der Waals surface area contributed by atoms with E-state index in [1.807, 2.05) is 14.0 Å². The Morgan fingerprint density at radius 3 is 2.86 bits per heavy atom. The van der Waals surface area contributed by atoms with Crippen LogP contribution < -0.4 is 10.1 Å². The van der Waals surface area contributed by atoms with Crippen LogP contribution in [0.25, 0.3) is 0 Å². The number of nitro benzene ring substituents is 1. The summed E-state index contributed by atoms with van der Waals surface area (Å²) in [5.41, 5.74) is 1.58. The van der Waals surface area contributed by atoms with Crippen LogP contribution in [0.3, 0.4) is 0 Å². The van der Waals surface area contributed by atoms with Gasteiger partial charge in [-0.2, -0.15) is 5.10 Å². The molecule has 112 valence electrons. The summed E-state index contributed by atoms with van der Waals surface area (Å²) in [6.07, 6.45) is 0. The highest BCUT2D eigenvalue weighted by molar-refractivity contribution is 9.10. The van der Waals surface area contributed by atoms with Gasteiger partial charge in [0.2, 0.25) is 11.6 Å². The van der Waals surface area contributed by atoms with Gasteiger partial charge in [0.1, 0.15) is 0 Å². The van der Waals surface area contributed by atoms with Crippen LogP contribution in [-0.4, -0.2) is 21.8 Å². The zero-order valence-electron chi connectivity index (χ0n) is 11.9. The first kappa shape index (κ1) is 15.5. The highest BCUT2D eigenvalue weighted by Gasteiger charge is 2.22. The van der Waals surface area contributed by atoms with E-state index < -0.39 is 4.92 Å². The second-order valence-electron chi connectivity index (χ2n) is 4.47. The fourth-order valence-corrected chi connectivity index (χ4v) is 2.46. The van der Waals surface area contributed by atoms with Gasteiger partial charge in [0.25, 0.3) is 0 Å². The number of hydrogen-bond acceptors (Lipinski definition) is 5. The van der Waals surface area contributed by atoms with Gasteiger partial charge in [0.05, 0.1) is 20.7 Å². The molecule has 0 saturated heterocycles. The van der Waals surface area contributed by atoms with Gasteiger partial charge in [0.15, 0.2) is 0 Å². The normalized spacial score (nSPS) is 10.7. The number of nitrogens with one attached hydrogen (secondary N) is 1. The van der Waals surface area contributed by atoms with E-state index >= 15 is 0 Å². The molecule has 8 heteroatoms. The molecule has 0 aliphatic rings. The highest BCUT2D eigenvalue weighted by Crippen LogP contribution is 2.39. The van der Waals surface area contributed by atoms with E-state index in [4.69, 9.17) is 4.74 Å². The largest absolute Gasteiger partial charge is 0.430 e. The molecule has 2 rings (SSSR count). The third-order valence-electron chi connectivity index (χ3n) is 2.98. The van der Waals surface area contributed by atoms with Crippen molar-refractivity contribution in [3.8, 4) is 11.6 Å². The molecule has 7 nitrogen and oxygen atoms in total. The molecule has 0 aliphatic heterocycles. The minimum Gasteiger partial charge on any atom is -0.430 e. The third-order valence-corrected chi connectivity index (χ3v) is 3.61. The minimum absolute atomic E-state index is 0.0985. The van der Waals surface area contributed by atoms with E-state index in [9.17, 15) is 10.1 Å². The summed E-state index contributed by atoms with van der Waals surface area (Å²) in [5, 5.41) is 18.5. The lowest BCUT2D eigenvalue weighted by Gasteiger charge is -2.10. The Balaban J connectivity index is 2.50. The van der Waals surface area contributed by atoms with Gasteiger partial charge >= 0.3 is 5.69 Å². The first-order chi connectivity index (χ1) is 9.95. The van der Waals surface area contributed by atoms with E-state index in [1.54, 1.807) is 23.9 Å². The molecule has 0 saturated carbocycles. The third kappa shape index (κ3) is 3.06. The van der Waals surface area contributed by atoms with E-state index in [-0.39, 0.29) is 11.4 Å². The molecular weight excluding hydrogens is 340 g/mol. The Morgan fingerprint density at radius 2 is 2.24 bits per heavy atom. The van der Waals surface area contributed by atoms with Crippen molar-refractivity contribution >= 4 is 21.6 Å². The maximum Gasteiger partial charge on any atom is 0.312 e. The van der Waals surface area contributed by atoms with Crippen molar-refractivity contribution in [2.75, 3.05) is 7.05 Å². The van der Waals surface area contributed by atoms with Crippen molar-refractivity contribution in [3.63, 3.8) is 0 Å². The summed E-state index contributed by atoms with van der Waals surface area (Å²) in [6, 6.07) is 4.70. The molecule has 0 spiro atoms. The zero-order valence-corrected chi connectivity index (χ0v) is 13.5. The maximum absolute atomic E-state index is 11.1. The van der Waals surface area contributed by atoms with Gasteiger partial charge in [-0.15, -0.1) is 0 Å². The Labute approximate surface area is 130 Å². The number of nitro groups is 1. The number of benzene rings is 1. The second-order valence-corrected chi connectivity index (χ2v) is 5.32. The summed E-state index contributed by atoms with van der Waals surface area (Å²) in [5.74, 6) is 0.653. The minimum atomic E-state index is -0.471. The lowest BCUT2D eigenvalue weighted by molar-refractivity contribution is -0.385. The van der Waals surface area contributed by atoms with Crippen LogP contribution in [0, 0.1) is 17.0 Å². The Bertz CT molecular complexity index is 684. The van der Waals surface area contributed by atoms with Crippen LogP contribution in [0.2, 0.25) is 0 Å². The first-order valence-corrected chi connectivity index (χ1v) is 7.02. The number of aryl methyl sites for hydroxylation is 2. The first-order valence-electron chi connectivity index (χ1n) is 6.23. The maximum atomic E-state index is 11.1. The van der Waals surface area contributed by atoms with Crippen LogP contribution >= 0.6 is 15.9 Å². The Kier molecular flexibility index (Phi) is 4.59. The number of aromatic nitrogens is 2. The monoisotopic (exact) mass is 354 g/mol. The van der Waals surface area contributed by atoms with E-state index in [0.717, 1.165) is 11.3 Å². The van der Waals surface area contributed by atoms with Crippen LogP contribution in [0.15, 0.2) is 22.7 Å². The summed E-state index contributed by atoms with van der Waals surface area (Å²) >= 11 is 3.29. The number of para-hydroxylation sites is 1. The molecule has 1 heterocycles. The lowest BCUT2D eigenvalue weighted by atomic mass is 10.2. The topological polar surface area (TPSA) is 82.2 Å². The molecular formula is C13H15BrN4O3. The van der Waals surface area contributed by atoms with Crippen LogP contribution in [0.1, 0.15) is 11.3 Å². The van der Waals surface area contributed by atoms with E-state index in [0.29, 0.717) is 16.9 Å². The molecule has 0 amide bonds. The van der Waals surface area contributed by atoms with Gasteiger partial charge in [0, 0.05) is 19.7 Å². The predicted molar refractivity (Wildman–Crippen MR) is 81.6 cm³/mol. The molecule has 0 fully saturated rings. The Hall–Kier alpha value is -1.93. The fraction of sp³-hybridized carbons (Fsp3) is 0.308. The molecule has 1 aromatic heterocycles. The van der Waals surface area contributed by atoms with Gasteiger partial charge in [-0.3, -0.25) is 10.1 Å². The number of ether oxygens (including phenoxy) is 1. The SMILES string of the molecule is CNCc1c(C)nn(C)c1Oc1c(Br)cccc1[N+](=O)[O-]. The molecule has 1 aromatic carbocycles. The zero-order chi connectivity index (χ0) is 15.6. The molecule has 0 radical (unpaired) electrons. The quantitative estimate of drug-likeness (QED) is 0.659. The summed E-state index contributed by atoms with van der Waals surface area (Å²) < 4.78 is 7.90. The van der Waals surface area contributed by atoms with Crippen LogP contribution in [0.4, 0.5) is 5.69 Å². The molecule has 0 unspecified atom stereocenters. The summed E-state index contributed by atoms with van der Waals surface area (Å²) in [6.45, 7) is 2.43. The van der Waals surface area contributed by atoms with Crippen molar-refractivity contribution in [3.05, 3.63) is 44.0 Å². The van der Waals surface area contributed by atoms with E-state index in [2.05, 4.69) is 26.3 Å². The van der Waals surface area contributed by atoms with Gasteiger partial charge in [-0.05, 0) is 36.0 Å². The summed E-state index contributed by atoms with van der Waals surface area (Å²) in [4.78, 5) is 10.7. The van der Waals surface area contributed by atoms with Gasteiger partial charge in [-0.25, -0.2) is 4.68 Å². The number of nitrogens with zero attached hydrogens (tertiary/aromatic N) is 3. The van der Waals surface area contributed by atoms with Crippen LogP contribution in [-0.2, 0) is 13.6 Å². The highest BCUT2D eigenvalue weighted by atomic mass is 79.9. The number of rotatable bonds is 5. The van der Waals surface area contributed by atoms with Crippen molar-refractivity contribution in [2.24, 2.45) is 7.05 Å². The predicted octanol–water partition coefficient (Wildman–Crippen LogP) is 2.91. The van der Waals surface area contributed by atoms with Crippen molar-refractivity contribution in [1.82, 2.24) is 15.1 Å². The van der Waals surface area contributed by atoms with E-state index in [1.165, 1.54) is 6.07 Å². The number of hydrogen-bond donors (Lipinski definition) is 1. The lowest BCUT2D eigenvalue weighted by Crippen LogP contribution is -2.07. The molecule has 21 heavy (non-hydrogen) atoms. The Morgan fingerprint density at radius 1 is 1.52 bits per heavy atom. The average Bonchev–Trinajstić information content (AvgIpc) is 2.68. The second kappa shape index (κ2) is 6.23. The molecule has 2 aromatic rings. The van der Waals surface area contributed by atoms with Crippen molar-refractivity contribution < 1.29 is 9.66 Å². The van der Waals surface area contributed by atoms with Crippen molar-refractivity contribution in [1.29, 1.82) is 0 Å². The smallest absolute Gasteiger partial charge is 0.312 e. The van der Waals surface area contributed by atoms with Gasteiger partial charge < -0.3 is 10.1 Å². The average molecular weight is 355 g/mol. The van der Waals surface area contributed by atoms with Gasteiger partial charge in [-0.1, -0.05) is 6.07 Å². The van der Waals surface area contributed by atoms with Crippen LogP contribution in [0.5, 0.6) is 11.6 Å². The number of halogens is 1. The fourth-order valence-electron chi connectivity index (χ4n) is 2.03. The molecule has 1 N–H and O–H groups in total.